The molecule has 1 aromatic heterocycles. The van der Waals surface area contributed by atoms with Crippen molar-refractivity contribution in [3.8, 4) is 0 Å². The number of aromatic nitrogens is 2. The van der Waals surface area contributed by atoms with Gasteiger partial charge in [-0.15, -0.1) is 0 Å². The minimum absolute atomic E-state index is 0.0611. The number of aromatic amines is 1. The van der Waals surface area contributed by atoms with Gasteiger partial charge in [0.15, 0.2) is 5.69 Å². The standard InChI is InChI=1S/C10H16N4OS/c1-6-5-14(3-4-16-6)10(15)9-8(11)7(2)12-13-9/h6H,3-5,11H2,1-2H3,(H,12,13). The second-order valence-electron chi connectivity index (χ2n) is 4.04. The number of hydrogen-bond acceptors (Lipinski definition) is 4. The highest BCUT2D eigenvalue weighted by Crippen LogP contribution is 2.21. The Balaban J connectivity index is 2.15. The van der Waals surface area contributed by atoms with Crippen LogP contribution in [0.5, 0.6) is 0 Å². The number of nitrogen functional groups attached to an aromatic ring is 1. The summed E-state index contributed by atoms with van der Waals surface area (Å²) in [6.07, 6.45) is 0. The number of nitrogens with two attached hydrogens (primary N) is 1. The van der Waals surface area contributed by atoms with Gasteiger partial charge in [0.05, 0.1) is 11.4 Å². The summed E-state index contributed by atoms with van der Waals surface area (Å²) in [5.41, 5.74) is 7.38. The molecule has 0 radical (unpaired) electrons. The van der Waals surface area contributed by atoms with Crippen LogP contribution in [0.1, 0.15) is 23.1 Å². The van der Waals surface area contributed by atoms with E-state index >= 15 is 0 Å². The Morgan fingerprint density at radius 1 is 1.69 bits per heavy atom. The fourth-order valence-corrected chi connectivity index (χ4v) is 2.77. The minimum Gasteiger partial charge on any atom is -0.395 e. The highest BCUT2D eigenvalue weighted by atomic mass is 32.2. The summed E-state index contributed by atoms with van der Waals surface area (Å²) in [4.78, 5) is 14.0. The normalized spacial score (nSPS) is 21.1. The smallest absolute Gasteiger partial charge is 0.276 e. The van der Waals surface area contributed by atoms with Gasteiger partial charge >= 0.3 is 0 Å². The van der Waals surface area contributed by atoms with Gasteiger partial charge in [0.1, 0.15) is 0 Å². The number of rotatable bonds is 1. The number of carbonyl (C=O) groups excluding carboxylic acids is 1. The molecule has 3 N–H and O–H groups in total. The van der Waals surface area contributed by atoms with Crippen LogP contribution in [-0.2, 0) is 0 Å². The number of amides is 1. The number of anilines is 1. The molecule has 2 rings (SSSR count). The Kier molecular flexibility index (Phi) is 3.09. The van der Waals surface area contributed by atoms with E-state index in [0.29, 0.717) is 16.6 Å². The number of nitrogens with one attached hydrogen (secondary N) is 1. The fraction of sp³-hybridized carbons (Fsp3) is 0.600. The zero-order chi connectivity index (χ0) is 11.7. The Hall–Kier alpha value is -1.17. The highest BCUT2D eigenvalue weighted by Gasteiger charge is 2.25. The molecule has 1 aliphatic heterocycles. The van der Waals surface area contributed by atoms with Crippen LogP contribution in [0.3, 0.4) is 0 Å². The predicted molar refractivity (Wildman–Crippen MR) is 65.6 cm³/mol. The second-order valence-corrected chi connectivity index (χ2v) is 5.59. The van der Waals surface area contributed by atoms with E-state index in [0.717, 1.165) is 24.5 Å². The van der Waals surface area contributed by atoms with Crippen LogP contribution in [0.4, 0.5) is 5.69 Å². The molecule has 0 aromatic carbocycles. The van der Waals surface area contributed by atoms with Crippen molar-refractivity contribution < 1.29 is 4.79 Å². The number of thioether (sulfide) groups is 1. The molecular formula is C10H16N4OS. The predicted octanol–water partition coefficient (Wildman–Crippen LogP) is 0.878. The molecule has 88 valence electrons. The van der Waals surface area contributed by atoms with Crippen molar-refractivity contribution in [3.63, 3.8) is 0 Å². The molecule has 1 fully saturated rings. The van der Waals surface area contributed by atoms with Crippen LogP contribution in [-0.4, -0.2) is 45.1 Å². The number of H-pyrrole nitrogens is 1. The third kappa shape index (κ3) is 2.02. The van der Waals surface area contributed by atoms with Gasteiger partial charge in [-0.1, -0.05) is 6.92 Å². The lowest BCUT2D eigenvalue weighted by Gasteiger charge is -2.30. The van der Waals surface area contributed by atoms with Gasteiger partial charge in [-0.25, -0.2) is 0 Å². The quantitative estimate of drug-likeness (QED) is 0.764. The van der Waals surface area contributed by atoms with E-state index in [2.05, 4.69) is 17.1 Å². The molecule has 1 amide bonds. The van der Waals surface area contributed by atoms with Crippen molar-refractivity contribution in [2.45, 2.75) is 19.1 Å². The molecule has 5 nitrogen and oxygen atoms in total. The zero-order valence-electron chi connectivity index (χ0n) is 9.49. The van der Waals surface area contributed by atoms with Crippen molar-refractivity contribution >= 4 is 23.4 Å². The van der Waals surface area contributed by atoms with Crippen LogP contribution >= 0.6 is 11.8 Å². The maximum atomic E-state index is 12.1. The SMILES string of the molecule is Cc1[nH]nc(C(=O)N2CCSC(C)C2)c1N. The average Bonchev–Trinajstić information content (AvgIpc) is 2.59. The van der Waals surface area contributed by atoms with Crippen molar-refractivity contribution in [1.82, 2.24) is 15.1 Å². The summed E-state index contributed by atoms with van der Waals surface area (Å²) in [6.45, 7) is 5.49. The van der Waals surface area contributed by atoms with Gasteiger partial charge in [-0.3, -0.25) is 9.89 Å². The van der Waals surface area contributed by atoms with E-state index in [9.17, 15) is 4.79 Å². The Bertz CT molecular complexity index is 404. The largest absolute Gasteiger partial charge is 0.395 e. The number of nitrogens with zero attached hydrogens (tertiary/aromatic N) is 2. The molecule has 1 atom stereocenters. The van der Waals surface area contributed by atoms with Gasteiger partial charge in [0.25, 0.3) is 5.91 Å². The first-order valence-electron chi connectivity index (χ1n) is 5.31. The lowest BCUT2D eigenvalue weighted by atomic mass is 10.2. The zero-order valence-corrected chi connectivity index (χ0v) is 10.3. The number of aryl methyl sites for hydroxylation is 1. The summed E-state index contributed by atoms with van der Waals surface area (Å²) >= 11 is 1.89. The molecule has 1 aliphatic rings. The molecule has 1 unspecified atom stereocenters. The second kappa shape index (κ2) is 4.37. The minimum atomic E-state index is -0.0611. The van der Waals surface area contributed by atoms with Crippen molar-refractivity contribution in [2.24, 2.45) is 0 Å². The van der Waals surface area contributed by atoms with Crippen LogP contribution < -0.4 is 5.73 Å². The maximum absolute atomic E-state index is 12.1. The molecule has 0 saturated carbocycles. The molecule has 2 heterocycles. The Morgan fingerprint density at radius 3 is 3.00 bits per heavy atom. The summed E-state index contributed by atoms with van der Waals surface area (Å²) in [5, 5.41) is 7.19. The van der Waals surface area contributed by atoms with E-state index in [1.54, 1.807) is 0 Å². The molecular weight excluding hydrogens is 224 g/mol. The molecule has 0 bridgehead atoms. The molecule has 6 heteroatoms. The molecule has 1 saturated heterocycles. The molecule has 0 aliphatic carbocycles. The van der Waals surface area contributed by atoms with Gasteiger partial charge in [-0.2, -0.15) is 16.9 Å². The van der Waals surface area contributed by atoms with Gasteiger partial charge < -0.3 is 10.6 Å². The van der Waals surface area contributed by atoms with Crippen LogP contribution in [0.25, 0.3) is 0 Å². The lowest BCUT2D eigenvalue weighted by molar-refractivity contribution is 0.0758. The molecule has 0 spiro atoms. The van der Waals surface area contributed by atoms with Gasteiger partial charge in [0.2, 0.25) is 0 Å². The van der Waals surface area contributed by atoms with E-state index < -0.39 is 0 Å². The van der Waals surface area contributed by atoms with Gasteiger partial charge in [-0.05, 0) is 6.92 Å². The highest BCUT2D eigenvalue weighted by molar-refractivity contribution is 7.99. The van der Waals surface area contributed by atoms with E-state index in [4.69, 9.17) is 5.73 Å². The summed E-state index contributed by atoms with van der Waals surface area (Å²) in [7, 11) is 0. The van der Waals surface area contributed by atoms with E-state index in [1.165, 1.54) is 0 Å². The van der Waals surface area contributed by atoms with E-state index in [-0.39, 0.29) is 5.91 Å². The Morgan fingerprint density at radius 2 is 2.44 bits per heavy atom. The number of hydrogen-bond donors (Lipinski definition) is 2. The first kappa shape index (κ1) is 11.3. The monoisotopic (exact) mass is 240 g/mol. The topological polar surface area (TPSA) is 75.0 Å². The third-order valence-electron chi connectivity index (χ3n) is 2.73. The third-order valence-corrected chi connectivity index (χ3v) is 3.86. The van der Waals surface area contributed by atoms with Gasteiger partial charge in [0, 0.05) is 24.1 Å². The lowest BCUT2D eigenvalue weighted by Crippen LogP contribution is -2.41. The first-order chi connectivity index (χ1) is 7.59. The first-order valence-corrected chi connectivity index (χ1v) is 6.35. The summed E-state index contributed by atoms with van der Waals surface area (Å²) in [6, 6.07) is 0. The summed E-state index contributed by atoms with van der Waals surface area (Å²) < 4.78 is 0. The molecule has 16 heavy (non-hydrogen) atoms. The summed E-state index contributed by atoms with van der Waals surface area (Å²) in [5.74, 6) is 0.921. The maximum Gasteiger partial charge on any atom is 0.276 e. The van der Waals surface area contributed by atoms with Crippen LogP contribution in [0.15, 0.2) is 0 Å². The van der Waals surface area contributed by atoms with E-state index in [1.807, 2.05) is 23.6 Å². The number of carbonyl (C=O) groups is 1. The average molecular weight is 240 g/mol. The van der Waals surface area contributed by atoms with Crippen molar-refractivity contribution in [1.29, 1.82) is 0 Å². The van der Waals surface area contributed by atoms with Crippen molar-refractivity contribution in [3.05, 3.63) is 11.4 Å². The van der Waals surface area contributed by atoms with Crippen LogP contribution in [0.2, 0.25) is 0 Å². The van der Waals surface area contributed by atoms with Crippen molar-refractivity contribution in [2.75, 3.05) is 24.6 Å². The van der Waals surface area contributed by atoms with Crippen LogP contribution in [0, 0.1) is 6.92 Å². The molecule has 1 aromatic rings. The fourth-order valence-electron chi connectivity index (χ4n) is 1.75. The Labute approximate surface area is 98.8 Å².